The van der Waals surface area contributed by atoms with Gasteiger partial charge in [-0.25, -0.2) is 14.2 Å². The molecule has 3 amide bonds. The Bertz CT molecular complexity index is 1470. The molecule has 13 nitrogen and oxygen atoms in total. The van der Waals surface area contributed by atoms with Crippen molar-refractivity contribution < 1.29 is 33.0 Å². The Morgan fingerprint density at radius 2 is 2.02 bits per heavy atom. The summed E-state index contributed by atoms with van der Waals surface area (Å²) in [4.78, 5) is 62.2. The number of amides is 3. The van der Waals surface area contributed by atoms with Gasteiger partial charge in [0.25, 0.3) is 5.91 Å². The van der Waals surface area contributed by atoms with Crippen LogP contribution >= 0.6 is 0 Å². The van der Waals surface area contributed by atoms with Crippen molar-refractivity contribution in [1.82, 2.24) is 24.6 Å². The molecule has 2 fully saturated rings. The van der Waals surface area contributed by atoms with E-state index in [-0.39, 0.29) is 37.7 Å². The first-order valence-electron chi connectivity index (χ1n) is 13.5. The minimum absolute atomic E-state index is 0.0908. The number of hydrogen-bond acceptors (Lipinski definition) is 9. The highest BCUT2D eigenvalue weighted by Gasteiger charge is 2.33. The van der Waals surface area contributed by atoms with Gasteiger partial charge in [-0.3, -0.25) is 24.3 Å². The molecule has 4 heterocycles. The number of benzene rings is 1. The third-order valence-corrected chi connectivity index (χ3v) is 7.02. The molecule has 0 spiro atoms. The van der Waals surface area contributed by atoms with E-state index >= 15 is 4.39 Å². The summed E-state index contributed by atoms with van der Waals surface area (Å²) in [6, 6.07) is 4.52. The monoisotopic (exact) mass is 579 g/mol. The average molecular weight is 580 g/mol. The van der Waals surface area contributed by atoms with Crippen molar-refractivity contribution in [2.24, 2.45) is 0 Å². The van der Waals surface area contributed by atoms with Gasteiger partial charge in [0, 0.05) is 51.2 Å². The molecular formula is C28H30FN7O6. The van der Waals surface area contributed by atoms with Crippen molar-refractivity contribution in [2.45, 2.75) is 18.9 Å². The largest absolute Gasteiger partial charge is 0.461 e. The van der Waals surface area contributed by atoms with Crippen LogP contribution in [0, 0.1) is 5.82 Å². The van der Waals surface area contributed by atoms with Crippen LogP contribution in [0.4, 0.5) is 20.6 Å². The summed E-state index contributed by atoms with van der Waals surface area (Å²) in [5.74, 6) is -1.63. The van der Waals surface area contributed by atoms with Gasteiger partial charge >= 0.3 is 12.1 Å². The third-order valence-electron chi connectivity index (χ3n) is 7.02. The van der Waals surface area contributed by atoms with E-state index in [1.165, 1.54) is 23.2 Å². The minimum Gasteiger partial charge on any atom is -0.461 e. The number of fused-ring (bicyclic) bond motifs is 1. The van der Waals surface area contributed by atoms with E-state index in [9.17, 15) is 19.2 Å². The first kappa shape index (κ1) is 28.5. The van der Waals surface area contributed by atoms with Crippen molar-refractivity contribution in [3.8, 4) is 0 Å². The maximum Gasteiger partial charge on any atom is 0.414 e. The zero-order valence-corrected chi connectivity index (χ0v) is 22.8. The van der Waals surface area contributed by atoms with Crippen LogP contribution in [0.1, 0.15) is 23.3 Å². The number of esters is 1. The standard InChI is InChI=1S/C28H30FN7O6/c1-2-13-41-26(38)6-4-20-17-36(28(40)42-20)19-3-5-23(21(29)14-19)33-9-11-34(12-10-33)25(37)16-31-27(39)22-18-35-8-7-30-15-24(35)32-22/h2-3,5,7-8,14-15,18,20H,1,4,6,9-13,16-17H2,(H,31,39)/t20-/m0/s1. The number of imidazole rings is 1. The van der Waals surface area contributed by atoms with Crippen LogP contribution in [0.3, 0.4) is 0 Å². The van der Waals surface area contributed by atoms with Gasteiger partial charge in [0.1, 0.15) is 24.2 Å². The smallest absolute Gasteiger partial charge is 0.414 e. The SMILES string of the molecule is C=CCOC(=O)CC[C@H]1CN(c2ccc(N3CCN(C(=O)CNC(=O)c4cn5ccncc5n4)CC3)c(F)c2)C(=O)O1. The zero-order valence-electron chi connectivity index (χ0n) is 22.8. The quantitative estimate of drug-likeness (QED) is 0.281. The molecule has 5 rings (SSSR count). The van der Waals surface area contributed by atoms with Gasteiger partial charge in [0.05, 0.1) is 30.7 Å². The summed E-state index contributed by atoms with van der Waals surface area (Å²) < 4.78 is 27.1. The lowest BCUT2D eigenvalue weighted by atomic mass is 10.1. The fraction of sp³-hybridized carbons (Fsp3) is 0.357. The second-order valence-electron chi connectivity index (χ2n) is 9.78. The molecule has 1 atom stereocenters. The topological polar surface area (TPSA) is 139 Å². The zero-order chi connectivity index (χ0) is 29.6. The number of carbonyl (C=O) groups is 4. The number of halogens is 1. The normalized spacial score (nSPS) is 16.8. The molecule has 1 aromatic carbocycles. The van der Waals surface area contributed by atoms with Gasteiger partial charge in [-0.15, -0.1) is 0 Å². The predicted octanol–water partition coefficient (Wildman–Crippen LogP) is 1.78. The minimum atomic E-state index is -0.607. The van der Waals surface area contributed by atoms with Crippen molar-refractivity contribution in [1.29, 1.82) is 0 Å². The van der Waals surface area contributed by atoms with E-state index in [2.05, 4.69) is 21.9 Å². The molecule has 2 aliphatic heterocycles. The number of rotatable bonds is 10. The Morgan fingerprint density at radius 3 is 2.76 bits per heavy atom. The first-order valence-corrected chi connectivity index (χ1v) is 13.5. The molecule has 1 N–H and O–H groups in total. The van der Waals surface area contributed by atoms with E-state index < -0.39 is 29.9 Å². The van der Waals surface area contributed by atoms with E-state index in [1.807, 2.05) is 4.90 Å². The molecule has 0 unspecified atom stereocenters. The molecule has 2 saturated heterocycles. The van der Waals surface area contributed by atoms with E-state index in [4.69, 9.17) is 9.47 Å². The summed E-state index contributed by atoms with van der Waals surface area (Å²) in [7, 11) is 0. The maximum absolute atomic E-state index is 15.2. The maximum atomic E-state index is 15.2. The molecule has 42 heavy (non-hydrogen) atoms. The first-order chi connectivity index (χ1) is 20.3. The Morgan fingerprint density at radius 1 is 1.21 bits per heavy atom. The van der Waals surface area contributed by atoms with Crippen LogP contribution in [0.25, 0.3) is 5.65 Å². The average Bonchev–Trinajstić information content (AvgIpc) is 3.61. The molecule has 2 aliphatic rings. The van der Waals surface area contributed by atoms with Gasteiger partial charge in [-0.05, 0) is 24.6 Å². The number of piperazine rings is 1. The fourth-order valence-corrected chi connectivity index (χ4v) is 4.81. The van der Waals surface area contributed by atoms with Crippen molar-refractivity contribution >= 4 is 40.9 Å². The Kier molecular flexibility index (Phi) is 8.60. The van der Waals surface area contributed by atoms with E-state index in [1.54, 1.807) is 40.0 Å². The molecule has 3 aromatic rings. The summed E-state index contributed by atoms with van der Waals surface area (Å²) in [6.07, 6.45) is 7.08. The molecule has 0 aliphatic carbocycles. The highest BCUT2D eigenvalue weighted by atomic mass is 19.1. The number of anilines is 2. The number of hydrogen-bond donors (Lipinski definition) is 1. The van der Waals surface area contributed by atoms with Crippen molar-refractivity contribution in [2.75, 3.05) is 55.7 Å². The highest BCUT2D eigenvalue weighted by molar-refractivity contribution is 5.95. The summed E-state index contributed by atoms with van der Waals surface area (Å²) in [5.41, 5.74) is 1.41. The lowest BCUT2D eigenvalue weighted by molar-refractivity contribution is -0.143. The van der Waals surface area contributed by atoms with Gasteiger partial charge in [0.15, 0.2) is 5.65 Å². The van der Waals surface area contributed by atoms with Crippen LogP contribution in [0.15, 0.2) is 55.6 Å². The number of ether oxygens (including phenoxy) is 2. The molecule has 0 radical (unpaired) electrons. The number of carbonyl (C=O) groups excluding carboxylic acids is 4. The van der Waals surface area contributed by atoms with Crippen LogP contribution < -0.4 is 15.1 Å². The molecular weight excluding hydrogens is 549 g/mol. The number of nitrogens with one attached hydrogen (secondary N) is 1. The van der Waals surface area contributed by atoms with Gasteiger partial charge in [-0.1, -0.05) is 12.7 Å². The molecule has 220 valence electrons. The molecule has 0 bridgehead atoms. The van der Waals surface area contributed by atoms with Crippen LogP contribution in [0.2, 0.25) is 0 Å². The van der Waals surface area contributed by atoms with Crippen LogP contribution in [0.5, 0.6) is 0 Å². The van der Waals surface area contributed by atoms with Gasteiger partial charge in [0.2, 0.25) is 5.91 Å². The Labute approximate surface area is 240 Å². The number of aromatic nitrogens is 3. The second kappa shape index (κ2) is 12.7. The Balaban J connectivity index is 1.09. The lowest BCUT2D eigenvalue weighted by Gasteiger charge is -2.36. The van der Waals surface area contributed by atoms with E-state index in [0.29, 0.717) is 49.6 Å². The lowest BCUT2D eigenvalue weighted by Crippen LogP contribution is -2.51. The molecule has 2 aromatic heterocycles. The second-order valence-corrected chi connectivity index (χ2v) is 9.78. The summed E-state index contributed by atoms with van der Waals surface area (Å²) >= 11 is 0. The predicted molar refractivity (Wildman–Crippen MR) is 149 cm³/mol. The highest BCUT2D eigenvalue weighted by Crippen LogP contribution is 2.29. The fourth-order valence-electron chi connectivity index (χ4n) is 4.81. The van der Waals surface area contributed by atoms with Crippen LogP contribution in [-0.4, -0.2) is 95.1 Å². The van der Waals surface area contributed by atoms with Crippen molar-refractivity contribution in [3.63, 3.8) is 0 Å². The summed E-state index contributed by atoms with van der Waals surface area (Å²) in [6.45, 7) is 5.11. The van der Waals surface area contributed by atoms with E-state index in [0.717, 1.165) is 0 Å². The Hall–Kier alpha value is -5.01. The summed E-state index contributed by atoms with van der Waals surface area (Å²) in [5, 5.41) is 2.60. The number of cyclic esters (lactones) is 1. The van der Waals surface area contributed by atoms with Gasteiger partial charge in [-0.2, -0.15) is 0 Å². The molecule has 0 saturated carbocycles. The number of nitrogens with zero attached hydrogens (tertiary/aromatic N) is 6. The third kappa shape index (κ3) is 6.48. The van der Waals surface area contributed by atoms with Crippen molar-refractivity contribution in [3.05, 3.63) is 67.2 Å². The van der Waals surface area contributed by atoms with Crippen LogP contribution in [-0.2, 0) is 19.1 Å². The molecule has 14 heteroatoms. The van der Waals surface area contributed by atoms with Gasteiger partial charge < -0.3 is 29.0 Å².